The summed E-state index contributed by atoms with van der Waals surface area (Å²) in [6, 6.07) is 0.297. The summed E-state index contributed by atoms with van der Waals surface area (Å²) in [7, 11) is 0. The fourth-order valence-electron chi connectivity index (χ4n) is 2.37. The van der Waals surface area contributed by atoms with Crippen LogP contribution in [0.25, 0.3) is 0 Å². The Balaban J connectivity index is 2.22. The van der Waals surface area contributed by atoms with Gasteiger partial charge in [-0.15, -0.1) is 0 Å². The number of unbranched alkanes of at least 4 members (excludes halogenated alkanes) is 1. The highest BCUT2D eigenvalue weighted by atomic mass is 16.2. The molecule has 1 fully saturated rings. The highest BCUT2D eigenvalue weighted by molar-refractivity contribution is 5.76. The van der Waals surface area contributed by atoms with Crippen molar-refractivity contribution in [1.29, 1.82) is 0 Å². The van der Waals surface area contributed by atoms with Crippen LogP contribution >= 0.6 is 0 Å². The predicted molar refractivity (Wildman–Crippen MR) is 75.4 cm³/mol. The Morgan fingerprint density at radius 1 is 1.28 bits per heavy atom. The largest absolute Gasteiger partial charge is 0.343 e. The van der Waals surface area contributed by atoms with Crippen LogP contribution in [-0.4, -0.2) is 54.5 Å². The van der Waals surface area contributed by atoms with Crippen molar-refractivity contribution in [3.05, 3.63) is 0 Å². The molecule has 0 spiro atoms. The first kappa shape index (κ1) is 15.4. The van der Waals surface area contributed by atoms with E-state index in [1.54, 1.807) is 0 Å². The van der Waals surface area contributed by atoms with E-state index in [2.05, 4.69) is 18.7 Å². The number of carbonyl (C=O) groups is 1. The second-order valence-electron chi connectivity index (χ2n) is 5.26. The monoisotopic (exact) mass is 255 g/mol. The average Bonchev–Trinajstić information content (AvgIpc) is 2.39. The van der Waals surface area contributed by atoms with E-state index in [4.69, 9.17) is 5.73 Å². The van der Waals surface area contributed by atoms with Gasteiger partial charge >= 0.3 is 0 Å². The molecular formula is C14H29N3O. The summed E-state index contributed by atoms with van der Waals surface area (Å²) in [6.07, 6.45) is 5.01. The number of likely N-dealkylation sites (tertiary alicyclic amines) is 1. The number of piperidine rings is 1. The molecule has 0 aliphatic carbocycles. The Hall–Kier alpha value is -0.610. The maximum absolute atomic E-state index is 12.1. The molecule has 4 nitrogen and oxygen atoms in total. The molecule has 0 aromatic rings. The SMILES string of the molecule is CCCCN(CC)CCC(=O)N1CCC(N)CC1. The molecule has 0 aromatic carbocycles. The zero-order chi connectivity index (χ0) is 13.4. The van der Waals surface area contributed by atoms with E-state index in [0.717, 1.165) is 45.6 Å². The highest BCUT2D eigenvalue weighted by Crippen LogP contribution is 2.10. The van der Waals surface area contributed by atoms with Gasteiger partial charge < -0.3 is 15.5 Å². The van der Waals surface area contributed by atoms with E-state index in [9.17, 15) is 4.79 Å². The van der Waals surface area contributed by atoms with Gasteiger partial charge in [-0.25, -0.2) is 0 Å². The summed E-state index contributed by atoms with van der Waals surface area (Å²) in [5, 5.41) is 0. The summed E-state index contributed by atoms with van der Waals surface area (Å²) in [5.41, 5.74) is 5.85. The predicted octanol–water partition coefficient (Wildman–Crippen LogP) is 1.45. The van der Waals surface area contributed by atoms with Crippen LogP contribution in [0.2, 0.25) is 0 Å². The molecule has 0 unspecified atom stereocenters. The Bertz CT molecular complexity index is 237. The molecule has 106 valence electrons. The van der Waals surface area contributed by atoms with Gasteiger partial charge in [-0.05, 0) is 32.4 Å². The zero-order valence-electron chi connectivity index (χ0n) is 12.0. The third kappa shape index (κ3) is 5.36. The van der Waals surface area contributed by atoms with Gasteiger partial charge in [-0.1, -0.05) is 20.3 Å². The van der Waals surface area contributed by atoms with Crippen molar-refractivity contribution in [3.8, 4) is 0 Å². The molecule has 0 saturated carbocycles. The quantitative estimate of drug-likeness (QED) is 0.749. The molecule has 0 radical (unpaired) electrons. The highest BCUT2D eigenvalue weighted by Gasteiger charge is 2.20. The van der Waals surface area contributed by atoms with Crippen molar-refractivity contribution < 1.29 is 4.79 Å². The number of rotatable bonds is 7. The van der Waals surface area contributed by atoms with Gasteiger partial charge in [0.15, 0.2) is 0 Å². The van der Waals surface area contributed by atoms with Crippen LogP contribution in [0.5, 0.6) is 0 Å². The van der Waals surface area contributed by atoms with Gasteiger partial charge in [0.05, 0.1) is 0 Å². The van der Waals surface area contributed by atoms with Gasteiger partial charge in [0, 0.05) is 32.1 Å². The van der Waals surface area contributed by atoms with E-state index >= 15 is 0 Å². The van der Waals surface area contributed by atoms with Gasteiger partial charge in [0.2, 0.25) is 5.91 Å². The normalized spacial score (nSPS) is 17.4. The molecule has 1 aliphatic rings. The van der Waals surface area contributed by atoms with Crippen molar-refractivity contribution in [3.63, 3.8) is 0 Å². The van der Waals surface area contributed by atoms with Crippen LogP contribution in [-0.2, 0) is 4.79 Å². The van der Waals surface area contributed by atoms with E-state index in [-0.39, 0.29) is 0 Å². The van der Waals surface area contributed by atoms with Gasteiger partial charge in [-0.3, -0.25) is 4.79 Å². The zero-order valence-corrected chi connectivity index (χ0v) is 12.0. The molecule has 0 atom stereocenters. The summed E-state index contributed by atoms with van der Waals surface area (Å²) in [6.45, 7) is 9.12. The van der Waals surface area contributed by atoms with Gasteiger partial charge in [-0.2, -0.15) is 0 Å². The first-order valence-electron chi connectivity index (χ1n) is 7.43. The molecule has 1 saturated heterocycles. The molecule has 18 heavy (non-hydrogen) atoms. The van der Waals surface area contributed by atoms with Crippen LogP contribution < -0.4 is 5.73 Å². The maximum Gasteiger partial charge on any atom is 0.223 e. The molecule has 1 rings (SSSR count). The third-order valence-electron chi connectivity index (χ3n) is 3.81. The van der Waals surface area contributed by atoms with Crippen molar-refractivity contribution in [1.82, 2.24) is 9.80 Å². The number of nitrogens with zero attached hydrogens (tertiary/aromatic N) is 2. The third-order valence-corrected chi connectivity index (χ3v) is 3.81. The summed E-state index contributed by atoms with van der Waals surface area (Å²) >= 11 is 0. The fraction of sp³-hybridized carbons (Fsp3) is 0.929. The van der Waals surface area contributed by atoms with Crippen LogP contribution in [0, 0.1) is 0 Å². The van der Waals surface area contributed by atoms with Gasteiger partial charge in [0.1, 0.15) is 0 Å². The second kappa shape index (κ2) is 8.48. The van der Waals surface area contributed by atoms with E-state index in [0.29, 0.717) is 18.4 Å². The molecule has 2 N–H and O–H groups in total. The minimum Gasteiger partial charge on any atom is -0.343 e. The molecule has 0 bridgehead atoms. The summed E-state index contributed by atoms with van der Waals surface area (Å²) < 4.78 is 0. The number of amides is 1. The minimum absolute atomic E-state index is 0.297. The average molecular weight is 255 g/mol. The topological polar surface area (TPSA) is 49.6 Å². The second-order valence-corrected chi connectivity index (χ2v) is 5.26. The standard InChI is InChI=1S/C14H29N3O/c1-3-5-9-16(4-2)10-8-14(18)17-11-6-13(15)7-12-17/h13H,3-12,15H2,1-2H3. The van der Waals surface area contributed by atoms with Crippen LogP contribution in [0.15, 0.2) is 0 Å². The molecule has 1 amide bonds. The minimum atomic E-state index is 0.297. The smallest absolute Gasteiger partial charge is 0.223 e. The first-order valence-corrected chi connectivity index (χ1v) is 7.43. The van der Waals surface area contributed by atoms with Crippen molar-refractivity contribution in [2.75, 3.05) is 32.7 Å². The number of hydrogen-bond acceptors (Lipinski definition) is 3. The van der Waals surface area contributed by atoms with Crippen LogP contribution in [0.1, 0.15) is 46.0 Å². The Kier molecular flexibility index (Phi) is 7.28. The van der Waals surface area contributed by atoms with Crippen molar-refractivity contribution in [2.24, 2.45) is 5.73 Å². The Morgan fingerprint density at radius 3 is 2.50 bits per heavy atom. The van der Waals surface area contributed by atoms with Crippen molar-refractivity contribution >= 4 is 5.91 Å². The lowest BCUT2D eigenvalue weighted by Crippen LogP contribution is -2.43. The van der Waals surface area contributed by atoms with E-state index in [1.807, 2.05) is 4.90 Å². The maximum atomic E-state index is 12.1. The summed E-state index contributed by atoms with van der Waals surface area (Å²) in [4.78, 5) is 16.4. The van der Waals surface area contributed by atoms with Crippen LogP contribution in [0.3, 0.4) is 0 Å². The van der Waals surface area contributed by atoms with Crippen LogP contribution in [0.4, 0.5) is 0 Å². The lowest BCUT2D eigenvalue weighted by molar-refractivity contribution is -0.132. The number of nitrogens with two attached hydrogens (primary N) is 1. The molecule has 1 aliphatic heterocycles. The molecule has 1 heterocycles. The Morgan fingerprint density at radius 2 is 1.94 bits per heavy atom. The first-order chi connectivity index (χ1) is 8.67. The Labute approximate surface area is 111 Å². The lowest BCUT2D eigenvalue weighted by Gasteiger charge is -2.31. The fourth-order valence-corrected chi connectivity index (χ4v) is 2.37. The lowest BCUT2D eigenvalue weighted by atomic mass is 10.1. The summed E-state index contributed by atoms with van der Waals surface area (Å²) in [5.74, 6) is 0.303. The molecule has 4 heteroatoms. The molecule has 0 aromatic heterocycles. The number of hydrogen-bond donors (Lipinski definition) is 1. The molecular weight excluding hydrogens is 226 g/mol. The van der Waals surface area contributed by atoms with Crippen molar-refractivity contribution in [2.45, 2.75) is 52.0 Å². The van der Waals surface area contributed by atoms with Gasteiger partial charge in [0.25, 0.3) is 0 Å². The van der Waals surface area contributed by atoms with E-state index < -0.39 is 0 Å². The number of carbonyl (C=O) groups excluding carboxylic acids is 1. The van der Waals surface area contributed by atoms with E-state index in [1.165, 1.54) is 12.8 Å².